The van der Waals surface area contributed by atoms with Gasteiger partial charge in [-0.2, -0.15) is 0 Å². The normalized spacial score (nSPS) is 11.2. The lowest BCUT2D eigenvalue weighted by Crippen LogP contribution is -1.85. The molecule has 2 heterocycles. The number of aromatic nitrogens is 1. The van der Waals surface area contributed by atoms with Gasteiger partial charge in [-0.15, -0.1) is 11.3 Å². The van der Waals surface area contributed by atoms with Crippen molar-refractivity contribution in [2.24, 2.45) is 0 Å². The second-order valence-corrected chi connectivity index (χ2v) is 10.3. The summed E-state index contributed by atoms with van der Waals surface area (Å²) in [6.07, 6.45) is 1.84. The number of hydrogen-bond donors (Lipinski definition) is 0. The molecular formula is C35H23NS. The number of rotatable bonds is 4. The zero-order valence-corrected chi connectivity index (χ0v) is 21.0. The SMILES string of the molecule is c1ccc(-c2cccc(-c3ccc(-c4ccc(-c5cccc6c5sc5ccccc56)cc4)cc3)c2)nc1. The molecule has 0 unspecified atom stereocenters. The molecule has 0 aliphatic carbocycles. The average Bonchev–Trinajstić information content (AvgIpc) is 3.37. The minimum Gasteiger partial charge on any atom is -0.256 e. The zero-order chi connectivity index (χ0) is 24.6. The van der Waals surface area contributed by atoms with Crippen LogP contribution >= 0.6 is 11.3 Å². The number of pyridine rings is 1. The first-order valence-corrected chi connectivity index (χ1v) is 13.3. The van der Waals surface area contributed by atoms with Crippen LogP contribution in [0.15, 0.2) is 140 Å². The Bertz CT molecular complexity index is 1850. The van der Waals surface area contributed by atoms with Crippen LogP contribution in [0.25, 0.3) is 64.8 Å². The molecule has 0 saturated carbocycles. The maximum atomic E-state index is 4.49. The van der Waals surface area contributed by atoms with Crippen LogP contribution in [0.3, 0.4) is 0 Å². The lowest BCUT2D eigenvalue weighted by molar-refractivity contribution is 1.33. The molecule has 5 aromatic carbocycles. The van der Waals surface area contributed by atoms with Crippen LogP contribution in [0, 0.1) is 0 Å². The van der Waals surface area contributed by atoms with E-state index in [-0.39, 0.29) is 0 Å². The number of fused-ring (bicyclic) bond motifs is 3. The van der Waals surface area contributed by atoms with Crippen LogP contribution in [0.4, 0.5) is 0 Å². The van der Waals surface area contributed by atoms with Crippen LogP contribution < -0.4 is 0 Å². The Kier molecular flexibility index (Phi) is 5.38. The minimum absolute atomic E-state index is 0.993. The molecule has 0 N–H and O–H groups in total. The molecule has 7 rings (SSSR count). The molecule has 37 heavy (non-hydrogen) atoms. The number of benzene rings is 5. The molecular weight excluding hydrogens is 466 g/mol. The molecule has 0 fully saturated rings. The molecule has 0 radical (unpaired) electrons. The van der Waals surface area contributed by atoms with E-state index in [0.29, 0.717) is 0 Å². The maximum absolute atomic E-state index is 4.49. The van der Waals surface area contributed by atoms with Gasteiger partial charge in [0.05, 0.1) is 5.69 Å². The van der Waals surface area contributed by atoms with Gasteiger partial charge in [0.25, 0.3) is 0 Å². The van der Waals surface area contributed by atoms with Crippen molar-refractivity contribution in [1.29, 1.82) is 0 Å². The first-order valence-electron chi connectivity index (χ1n) is 12.5. The minimum atomic E-state index is 0.993. The summed E-state index contributed by atoms with van der Waals surface area (Å²) in [5.41, 5.74) is 9.52. The van der Waals surface area contributed by atoms with Gasteiger partial charge in [0.1, 0.15) is 0 Å². The monoisotopic (exact) mass is 489 g/mol. The Labute approximate surface area is 220 Å². The van der Waals surface area contributed by atoms with Gasteiger partial charge < -0.3 is 0 Å². The van der Waals surface area contributed by atoms with Crippen LogP contribution in [-0.2, 0) is 0 Å². The van der Waals surface area contributed by atoms with E-state index in [1.54, 1.807) is 0 Å². The lowest BCUT2D eigenvalue weighted by Gasteiger charge is -2.09. The zero-order valence-electron chi connectivity index (χ0n) is 20.1. The van der Waals surface area contributed by atoms with Crippen molar-refractivity contribution in [3.8, 4) is 44.6 Å². The van der Waals surface area contributed by atoms with E-state index >= 15 is 0 Å². The smallest absolute Gasteiger partial charge is 0.0702 e. The van der Waals surface area contributed by atoms with E-state index < -0.39 is 0 Å². The van der Waals surface area contributed by atoms with Crippen molar-refractivity contribution in [2.45, 2.75) is 0 Å². The Hall–Kier alpha value is -4.53. The molecule has 0 amide bonds. The van der Waals surface area contributed by atoms with Gasteiger partial charge in [-0.1, -0.05) is 109 Å². The summed E-state index contributed by atoms with van der Waals surface area (Å²) in [5, 5.41) is 2.68. The highest BCUT2D eigenvalue weighted by atomic mass is 32.1. The number of hydrogen-bond acceptors (Lipinski definition) is 2. The van der Waals surface area contributed by atoms with Crippen LogP contribution in [-0.4, -0.2) is 4.98 Å². The van der Waals surface area contributed by atoms with E-state index in [1.165, 1.54) is 53.6 Å². The van der Waals surface area contributed by atoms with Gasteiger partial charge in [0.2, 0.25) is 0 Å². The van der Waals surface area contributed by atoms with Crippen LogP contribution in [0.2, 0.25) is 0 Å². The van der Waals surface area contributed by atoms with Crippen molar-refractivity contribution in [2.75, 3.05) is 0 Å². The molecule has 0 aliphatic heterocycles. The quantitative estimate of drug-likeness (QED) is 0.240. The van der Waals surface area contributed by atoms with Gasteiger partial charge in [0, 0.05) is 31.9 Å². The van der Waals surface area contributed by atoms with Crippen molar-refractivity contribution >= 4 is 31.5 Å². The molecule has 2 heteroatoms. The Morgan fingerprint density at radius 2 is 1.05 bits per heavy atom. The van der Waals surface area contributed by atoms with E-state index in [4.69, 9.17) is 0 Å². The molecule has 1 nitrogen and oxygen atoms in total. The first kappa shape index (κ1) is 21.7. The second-order valence-electron chi connectivity index (χ2n) is 9.23. The first-order chi connectivity index (χ1) is 18.3. The third kappa shape index (κ3) is 4.02. The average molecular weight is 490 g/mol. The fraction of sp³-hybridized carbons (Fsp3) is 0. The van der Waals surface area contributed by atoms with Gasteiger partial charge in [0.15, 0.2) is 0 Å². The lowest BCUT2D eigenvalue weighted by atomic mass is 9.96. The fourth-order valence-electron chi connectivity index (χ4n) is 5.06. The summed E-state index contributed by atoms with van der Waals surface area (Å²) in [4.78, 5) is 4.49. The largest absolute Gasteiger partial charge is 0.256 e. The van der Waals surface area contributed by atoms with E-state index in [0.717, 1.165) is 11.3 Å². The second kappa shape index (κ2) is 9.16. The van der Waals surface area contributed by atoms with Gasteiger partial charge in [-0.25, -0.2) is 0 Å². The van der Waals surface area contributed by atoms with E-state index in [9.17, 15) is 0 Å². The molecule has 0 aliphatic rings. The standard InChI is InChI=1S/C35H23NS/c1-2-13-34-31(9-1)32-11-6-10-30(35(32)37-34)27-20-18-25(19-21-27)24-14-16-26(17-15-24)28-7-5-8-29(23-28)33-12-3-4-22-36-33/h1-23H. The van der Waals surface area contributed by atoms with Gasteiger partial charge in [-0.05, 0) is 57.6 Å². The predicted molar refractivity (Wildman–Crippen MR) is 159 cm³/mol. The van der Waals surface area contributed by atoms with E-state index in [1.807, 2.05) is 35.7 Å². The molecule has 7 aromatic rings. The molecule has 2 aromatic heterocycles. The third-order valence-corrected chi connectivity index (χ3v) is 8.19. The summed E-state index contributed by atoms with van der Waals surface area (Å²) >= 11 is 1.88. The van der Waals surface area contributed by atoms with Gasteiger partial charge >= 0.3 is 0 Å². The number of thiophene rings is 1. The highest BCUT2D eigenvalue weighted by Crippen LogP contribution is 2.40. The van der Waals surface area contributed by atoms with Crippen molar-refractivity contribution < 1.29 is 0 Å². The van der Waals surface area contributed by atoms with E-state index in [2.05, 4.69) is 120 Å². The Morgan fingerprint density at radius 3 is 1.81 bits per heavy atom. The van der Waals surface area contributed by atoms with Crippen molar-refractivity contribution in [1.82, 2.24) is 4.98 Å². The molecule has 0 spiro atoms. The highest BCUT2D eigenvalue weighted by molar-refractivity contribution is 7.26. The highest BCUT2D eigenvalue weighted by Gasteiger charge is 2.10. The molecule has 0 atom stereocenters. The van der Waals surface area contributed by atoms with Crippen LogP contribution in [0.5, 0.6) is 0 Å². The summed E-state index contributed by atoms with van der Waals surface area (Å²) in [7, 11) is 0. The molecule has 0 bridgehead atoms. The Balaban J connectivity index is 1.18. The molecule has 0 saturated heterocycles. The number of nitrogens with zero attached hydrogens (tertiary/aromatic N) is 1. The van der Waals surface area contributed by atoms with Crippen molar-refractivity contribution in [3.63, 3.8) is 0 Å². The fourth-order valence-corrected chi connectivity index (χ4v) is 6.30. The molecule has 174 valence electrons. The third-order valence-electron chi connectivity index (χ3n) is 6.97. The predicted octanol–water partition coefficient (Wildman–Crippen LogP) is 10.1. The summed E-state index contributed by atoms with van der Waals surface area (Å²) < 4.78 is 2.70. The topological polar surface area (TPSA) is 12.9 Å². The summed E-state index contributed by atoms with van der Waals surface area (Å²) in [6.45, 7) is 0. The summed E-state index contributed by atoms with van der Waals surface area (Å²) in [5.74, 6) is 0. The van der Waals surface area contributed by atoms with Gasteiger partial charge in [-0.3, -0.25) is 4.98 Å². The summed E-state index contributed by atoms with van der Waals surface area (Å²) in [6, 6.07) is 47.7. The maximum Gasteiger partial charge on any atom is 0.0702 e. The Morgan fingerprint density at radius 1 is 0.432 bits per heavy atom. The van der Waals surface area contributed by atoms with Crippen molar-refractivity contribution in [3.05, 3.63) is 140 Å². The van der Waals surface area contributed by atoms with Crippen LogP contribution in [0.1, 0.15) is 0 Å².